The van der Waals surface area contributed by atoms with Gasteiger partial charge in [0.2, 0.25) is 0 Å². The molecule has 7 nitrogen and oxygen atoms in total. The van der Waals surface area contributed by atoms with Crippen LogP contribution < -0.4 is 10.6 Å². The Hall–Kier alpha value is -2.31. The number of carbonyl (C=O) groups excluding carboxylic acids is 1. The predicted octanol–water partition coefficient (Wildman–Crippen LogP) is 2.53. The van der Waals surface area contributed by atoms with Crippen molar-refractivity contribution in [3.8, 4) is 0 Å². The molecule has 0 aliphatic carbocycles. The molecule has 0 fully saturated rings. The minimum Gasteiger partial charge on any atom is -0.444 e. The number of non-ortho nitro benzene ring substituents is 1. The van der Waals surface area contributed by atoms with Gasteiger partial charge in [-0.05, 0) is 32.9 Å². The second-order valence-electron chi connectivity index (χ2n) is 5.16. The molecule has 0 radical (unpaired) electrons. The molecular weight excluding hydrogens is 262 g/mol. The third-order valence-corrected chi connectivity index (χ3v) is 2.20. The molecule has 1 aromatic carbocycles. The molecule has 0 atom stereocenters. The Balaban J connectivity index is 2.27. The van der Waals surface area contributed by atoms with Gasteiger partial charge >= 0.3 is 6.09 Å². The number of benzene rings is 1. The molecule has 20 heavy (non-hydrogen) atoms. The smallest absolute Gasteiger partial charge is 0.407 e. The lowest BCUT2D eigenvalue weighted by Crippen LogP contribution is -2.34. The Morgan fingerprint density at radius 1 is 1.25 bits per heavy atom. The monoisotopic (exact) mass is 281 g/mol. The van der Waals surface area contributed by atoms with Crippen molar-refractivity contribution in [1.29, 1.82) is 0 Å². The van der Waals surface area contributed by atoms with Gasteiger partial charge in [-0.15, -0.1) is 0 Å². The third-order valence-electron chi connectivity index (χ3n) is 2.20. The number of rotatable bonds is 5. The van der Waals surface area contributed by atoms with Crippen molar-refractivity contribution in [3.05, 3.63) is 34.4 Å². The summed E-state index contributed by atoms with van der Waals surface area (Å²) in [6.07, 6.45) is -0.469. The molecule has 0 saturated carbocycles. The first-order valence-electron chi connectivity index (χ1n) is 6.23. The van der Waals surface area contributed by atoms with Gasteiger partial charge in [0.25, 0.3) is 5.69 Å². The molecule has 0 spiro atoms. The maximum Gasteiger partial charge on any atom is 0.407 e. The number of nitrogens with zero attached hydrogens (tertiary/aromatic N) is 1. The van der Waals surface area contributed by atoms with Crippen LogP contribution in [-0.2, 0) is 4.74 Å². The standard InChI is InChI=1S/C13H19N3O4/c1-13(2,3)20-12(17)15-9-8-14-10-4-6-11(7-5-10)16(18)19/h4-7,14H,8-9H2,1-3H3,(H,15,17). The van der Waals surface area contributed by atoms with Gasteiger partial charge < -0.3 is 15.4 Å². The minimum absolute atomic E-state index is 0.0439. The normalized spacial score (nSPS) is 10.8. The molecule has 110 valence electrons. The summed E-state index contributed by atoms with van der Waals surface area (Å²) in [5.41, 5.74) is 0.277. The fraction of sp³-hybridized carbons (Fsp3) is 0.462. The van der Waals surface area contributed by atoms with Crippen LogP contribution >= 0.6 is 0 Å². The Morgan fingerprint density at radius 2 is 1.85 bits per heavy atom. The summed E-state index contributed by atoms with van der Waals surface area (Å²) in [6, 6.07) is 6.07. The van der Waals surface area contributed by atoms with E-state index < -0.39 is 16.6 Å². The first kappa shape index (κ1) is 15.7. The summed E-state index contributed by atoms with van der Waals surface area (Å²) >= 11 is 0. The molecule has 0 bridgehead atoms. The summed E-state index contributed by atoms with van der Waals surface area (Å²) < 4.78 is 5.08. The van der Waals surface area contributed by atoms with E-state index >= 15 is 0 Å². The van der Waals surface area contributed by atoms with Crippen molar-refractivity contribution in [2.24, 2.45) is 0 Å². The summed E-state index contributed by atoms with van der Waals surface area (Å²) in [5, 5.41) is 16.1. The highest BCUT2D eigenvalue weighted by atomic mass is 16.6. The number of alkyl carbamates (subject to hydrolysis) is 1. The summed E-state index contributed by atoms with van der Waals surface area (Å²) in [5.74, 6) is 0. The minimum atomic E-state index is -0.518. The Kier molecular flexibility index (Phi) is 5.31. The van der Waals surface area contributed by atoms with Crippen molar-refractivity contribution < 1.29 is 14.5 Å². The molecule has 0 heterocycles. The topological polar surface area (TPSA) is 93.5 Å². The largest absolute Gasteiger partial charge is 0.444 e. The Morgan fingerprint density at radius 3 is 2.35 bits per heavy atom. The van der Waals surface area contributed by atoms with E-state index in [1.807, 2.05) is 0 Å². The highest BCUT2D eigenvalue weighted by molar-refractivity contribution is 5.67. The van der Waals surface area contributed by atoms with Crippen molar-refractivity contribution >= 4 is 17.5 Å². The van der Waals surface area contributed by atoms with Crippen molar-refractivity contribution in [2.45, 2.75) is 26.4 Å². The van der Waals surface area contributed by atoms with Gasteiger partial charge in [0, 0.05) is 30.9 Å². The highest BCUT2D eigenvalue weighted by Crippen LogP contribution is 2.14. The highest BCUT2D eigenvalue weighted by Gasteiger charge is 2.15. The number of carbonyl (C=O) groups is 1. The Labute approximate surface area is 117 Å². The number of hydrogen-bond acceptors (Lipinski definition) is 5. The fourth-order valence-electron chi connectivity index (χ4n) is 1.39. The lowest BCUT2D eigenvalue weighted by molar-refractivity contribution is -0.384. The van der Waals surface area contributed by atoms with Crippen LogP contribution in [0.4, 0.5) is 16.2 Å². The van der Waals surface area contributed by atoms with Gasteiger partial charge in [-0.2, -0.15) is 0 Å². The third kappa shape index (κ3) is 6.03. The van der Waals surface area contributed by atoms with Gasteiger partial charge in [-0.1, -0.05) is 0 Å². The van der Waals surface area contributed by atoms with Crippen LogP contribution in [0.25, 0.3) is 0 Å². The lowest BCUT2D eigenvalue weighted by atomic mass is 10.2. The average molecular weight is 281 g/mol. The molecule has 1 aromatic rings. The second-order valence-corrected chi connectivity index (χ2v) is 5.16. The second kappa shape index (κ2) is 6.74. The van der Waals surface area contributed by atoms with Gasteiger partial charge in [0.1, 0.15) is 5.60 Å². The number of anilines is 1. The van der Waals surface area contributed by atoms with Gasteiger partial charge in [-0.25, -0.2) is 4.79 Å². The van der Waals surface area contributed by atoms with E-state index in [4.69, 9.17) is 4.74 Å². The number of nitrogens with one attached hydrogen (secondary N) is 2. The molecule has 0 aromatic heterocycles. The molecule has 7 heteroatoms. The van der Waals surface area contributed by atoms with E-state index in [1.54, 1.807) is 32.9 Å². The van der Waals surface area contributed by atoms with Crippen LogP contribution in [0.2, 0.25) is 0 Å². The SMILES string of the molecule is CC(C)(C)OC(=O)NCCNc1ccc([N+](=O)[O-])cc1. The van der Waals surface area contributed by atoms with E-state index in [1.165, 1.54) is 12.1 Å². The number of hydrogen-bond donors (Lipinski definition) is 2. The van der Waals surface area contributed by atoms with Crippen LogP contribution in [0.3, 0.4) is 0 Å². The van der Waals surface area contributed by atoms with Crippen LogP contribution in [0.15, 0.2) is 24.3 Å². The zero-order valence-corrected chi connectivity index (χ0v) is 11.8. The molecule has 0 aliphatic heterocycles. The van der Waals surface area contributed by atoms with Crippen LogP contribution in [0, 0.1) is 10.1 Å². The molecule has 0 unspecified atom stereocenters. The zero-order valence-electron chi connectivity index (χ0n) is 11.8. The molecule has 0 aliphatic rings. The summed E-state index contributed by atoms with van der Waals surface area (Å²) in [4.78, 5) is 21.4. The van der Waals surface area contributed by atoms with E-state index in [9.17, 15) is 14.9 Å². The van der Waals surface area contributed by atoms with Gasteiger partial charge in [0.15, 0.2) is 0 Å². The molecule has 2 N–H and O–H groups in total. The van der Waals surface area contributed by atoms with E-state index in [2.05, 4.69) is 10.6 Å². The van der Waals surface area contributed by atoms with Gasteiger partial charge in [0.05, 0.1) is 4.92 Å². The van der Waals surface area contributed by atoms with Crippen LogP contribution in [-0.4, -0.2) is 29.7 Å². The van der Waals surface area contributed by atoms with Crippen LogP contribution in [0.5, 0.6) is 0 Å². The molecular formula is C13H19N3O4. The lowest BCUT2D eigenvalue weighted by Gasteiger charge is -2.19. The molecule has 1 rings (SSSR count). The Bertz CT molecular complexity index is 465. The number of amides is 1. The number of ether oxygens (including phenoxy) is 1. The maximum atomic E-state index is 11.4. The molecule has 0 saturated heterocycles. The first-order valence-corrected chi connectivity index (χ1v) is 6.23. The zero-order chi connectivity index (χ0) is 15.2. The summed E-state index contributed by atoms with van der Waals surface area (Å²) in [7, 11) is 0. The van der Waals surface area contributed by atoms with Gasteiger partial charge in [-0.3, -0.25) is 10.1 Å². The maximum absolute atomic E-state index is 11.4. The van der Waals surface area contributed by atoms with Crippen molar-refractivity contribution in [1.82, 2.24) is 5.32 Å². The fourth-order valence-corrected chi connectivity index (χ4v) is 1.39. The number of nitro benzene ring substituents is 1. The van der Waals surface area contributed by atoms with Crippen LogP contribution in [0.1, 0.15) is 20.8 Å². The van der Waals surface area contributed by atoms with E-state index in [0.29, 0.717) is 13.1 Å². The quantitative estimate of drug-likeness (QED) is 0.491. The van der Waals surface area contributed by atoms with E-state index in [-0.39, 0.29) is 5.69 Å². The first-order chi connectivity index (χ1) is 9.28. The van der Waals surface area contributed by atoms with E-state index in [0.717, 1.165) is 5.69 Å². The van der Waals surface area contributed by atoms with Crippen molar-refractivity contribution in [2.75, 3.05) is 18.4 Å². The average Bonchev–Trinajstić information content (AvgIpc) is 2.33. The van der Waals surface area contributed by atoms with Crippen molar-refractivity contribution in [3.63, 3.8) is 0 Å². The number of nitro groups is 1. The summed E-state index contributed by atoms with van der Waals surface area (Å²) in [6.45, 7) is 6.27. The predicted molar refractivity (Wildman–Crippen MR) is 75.8 cm³/mol. The molecule has 1 amide bonds.